The lowest BCUT2D eigenvalue weighted by Gasteiger charge is -2.26. The van der Waals surface area contributed by atoms with E-state index >= 15 is 0 Å². The van der Waals surface area contributed by atoms with Gasteiger partial charge in [0.15, 0.2) is 0 Å². The summed E-state index contributed by atoms with van der Waals surface area (Å²) in [5.74, 6) is -1.15. The zero-order valence-electron chi connectivity index (χ0n) is 8.60. The van der Waals surface area contributed by atoms with E-state index in [2.05, 4.69) is 10.3 Å². The van der Waals surface area contributed by atoms with Crippen LogP contribution in [0.3, 0.4) is 0 Å². The van der Waals surface area contributed by atoms with Gasteiger partial charge in [-0.2, -0.15) is 0 Å². The summed E-state index contributed by atoms with van der Waals surface area (Å²) in [5.41, 5.74) is 0.454. The molecule has 1 aromatic rings. The number of nitrogens with zero attached hydrogens (tertiary/aromatic N) is 1. The molecule has 1 aliphatic heterocycles. The molecule has 15 heavy (non-hydrogen) atoms. The Bertz CT molecular complexity index is 366. The molecule has 2 rings (SSSR count). The van der Waals surface area contributed by atoms with E-state index in [1.807, 2.05) is 25.1 Å². The van der Waals surface area contributed by atoms with E-state index in [-0.39, 0.29) is 0 Å². The predicted molar refractivity (Wildman–Crippen MR) is 55.6 cm³/mol. The fraction of sp³-hybridized carbons (Fsp3) is 0.455. The van der Waals surface area contributed by atoms with Gasteiger partial charge in [-0.3, -0.25) is 9.78 Å². The van der Waals surface area contributed by atoms with Crippen molar-refractivity contribution < 1.29 is 9.90 Å². The summed E-state index contributed by atoms with van der Waals surface area (Å²) >= 11 is 0. The van der Waals surface area contributed by atoms with E-state index in [4.69, 9.17) is 5.11 Å². The van der Waals surface area contributed by atoms with Crippen LogP contribution in [-0.4, -0.2) is 29.1 Å². The zero-order valence-corrected chi connectivity index (χ0v) is 8.60. The predicted octanol–water partition coefficient (Wildman–Crippen LogP) is 0.643. The molecule has 1 aromatic heterocycles. The number of rotatable bonds is 2. The Balaban J connectivity index is 2.37. The van der Waals surface area contributed by atoms with Crippen LogP contribution in [-0.2, 0) is 10.2 Å². The van der Waals surface area contributed by atoms with Crippen LogP contribution < -0.4 is 5.32 Å². The van der Waals surface area contributed by atoms with Gasteiger partial charge in [0.25, 0.3) is 0 Å². The maximum absolute atomic E-state index is 11.1. The third-order valence-electron chi connectivity index (χ3n) is 3.16. The second-order valence-corrected chi connectivity index (χ2v) is 4.15. The Morgan fingerprint density at radius 2 is 2.47 bits per heavy atom. The number of nitrogens with one attached hydrogen (secondary N) is 1. The highest BCUT2D eigenvalue weighted by molar-refractivity contribution is 5.73. The monoisotopic (exact) mass is 206 g/mol. The summed E-state index contributed by atoms with van der Waals surface area (Å²) in [6.07, 6.45) is 1.71. The van der Waals surface area contributed by atoms with Crippen LogP contribution in [0.5, 0.6) is 0 Å². The molecule has 80 valence electrons. The quantitative estimate of drug-likeness (QED) is 0.745. The first-order valence-corrected chi connectivity index (χ1v) is 4.99. The number of carboxylic acids is 1. The Hall–Kier alpha value is -1.42. The summed E-state index contributed by atoms with van der Waals surface area (Å²) in [6.45, 7) is 3.14. The molecule has 0 radical (unpaired) electrons. The Morgan fingerprint density at radius 3 is 3.07 bits per heavy atom. The van der Waals surface area contributed by atoms with Gasteiger partial charge in [0.1, 0.15) is 0 Å². The first kappa shape index (κ1) is 10.1. The van der Waals surface area contributed by atoms with E-state index in [0.717, 1.165) is 5.69 Å². The topological polar surface area (TPSA) is 62.2 Å². The van der Waals surface area contributed by atoms with E-state index in [0.29, 0.717) is 13.1 Å². The van der Waals surface area contributed by atoms with Crippen molar-refractivity contribution in [2.75, 3.05) is 13.1 Å². The molecule has 2 N–H and O–H groups in total. The summed E-state index contributed by atoms with van der Waals surface area (Å²) < 4.78 is 0. The number of pyridine rings is 1. The largest absolute Gasteiger partial charge is 0.481 e. The Kier molecular flexibility index (Phi) is 2.44. The molecule has 0 bridgehead atoms. The third kappa shape index (κ3) is 1.61. The van der Waals surface area contributed by atoms with E-state index in [1.165, 1.54) is 0 Å². The first-order chi connectivity index (χ1) is 7.14. The van der Waals surface area contributed by atoms with E-state index in [9.17, 15) is 4.79 Å². The Morgan fingerprint density at radius 1 is 1.67 bits per heavy atom. The Labute approximate surface area is 88.3 Å². The SMILES string of the molecule is CC1(c2ccccn2)CNCC1C(=O)O. The van der Waals surface area contributed by atoms with Gasteiger partial charge in [-0.15, -0.1) is 0 Å². The molecule has 0 amide bonds. The van der Waals surface area contributed by atoms with Crippen molar-refractivity contribution in [1.82, 2.24) is 10.3 Å². The van der Waals surface area contributed by atoms with Crippen LogP contribution in [0.25, 0.3) is 0 Å². The fourth-order valence-corrected chi connectivity index (χ4v) is 2.15. The second-order valence-electron chi connectivity index (χ2n) is 4.15. The summed E-state index contributed by atoms with van der Waals surface area (Å²) in [4.78, 5) is 15.4. The maximum atomic E-state index is 11.1. The molecular formula is C11H14N2O2. The van der Waals surface area contributed by atoms with Crippen molar-refractivity contribution in [1.29, 1.82) is 0 Å². The van der Waals surface area contributed by atoms with Gasteiger partial charge in [0.05, 0.1) is 5.92 Å². The zero-order chi connectivity index (χ0) is 10.9. The number of hydrogen-bond acceptors (Lipinski definition) is 3. The number of carboxylic acid groups (broad SMARTS) is 1. The molecule has 4 heteroatoms. The first-order valence-electron chi connectivity index (χ1n) is 4.99. The highest BCUT2D eigenvalue weighted by Crippen LogP contribution is 2.33. The average molecular weight is 206 g/mol. The van der Waals surface area contributed by atoms with Gasteiger partial charge in [-0.05, 0) is 12.1 Å². The number of hydrogen-bond donors (Lipinski definition) is 2. The second kappa shape index (κ2) is 3.62. The standard InChI is InChI=1S/C11H14N2O2/c1-11(9-4-2-3-5-13-9)7-12-6-8(11)10(14)15/h2-5,8,12H,6-7H2,1H3,(H,14,15). The van der Waals surface area contributed by atoms with Crippen LogP contribution in [0.2, 0.25) is 0 Å². The van der Waals surface area contributed by atoms with Gasteiger partial charge >= 0.3 is 5.97 Å². The van der Waals surface area contributed by atoms with Crippen molar-refractivity contribution in [2.24, 2.45) is 5.92 Å². The number of aliphatic carboxylic acids is 1. The highest BCUT2D eigenvalue weighted by Gasteiger charge is 2.45. The minimum absolute atomic E-state index is 0.396. The van der Waals surface area contributed by atoms with Crippen LogP contribution in [0.4, 0.5) is 0 Å². The molecule has 1 aliphatic rings. The molecule has 0 aromatic carbocycles. The molecule has 1 saturated heterocycles. The highest BCUT2D eigenvalue weighted by atomic mass is 16.4. The molecule has 2 unspecified atom stereocenters. The van der Waals surface area contributed by atoms with Gasteiger partial charge in [0.2, 0.25) is 0 Å². The van der Waals surface area contributed by atoms with Gasteiger partial charge in [0, 0.05) is 30.4 Å². The third-order valence-corrected chi connectivity index (χ3v) is 3.16. The summed E-state index contributed by atoms with van der Waals surface area (Å²) in [6, 6.07) is 5.62. The lowest BCUT2D eigenvalue weighted by atomic mass is 9.77. The molecule has 2 atom stereocenters. The van der Waals surface area contributed by atoms with Crippen molar-refractivity contribution >= 4 is 5.97 Å². The smallest absolute Gasteiger partial charge is 0.308 e. The normalized spacial score (nSPS) is 30.3. The molecule has 1 fully saturated rings. The minimum atomic E-state index is -0.756. The number of aromatic nitrogens is 1. The van der Waals surface area contributed by atoms with Crippen LogP contribution in [0.1, 0.15) is 12.6 Å². The number of carbonyl (C=O) groups is 1. The van der Waals surface area contributed by atoms with Gasteiger partial charge in [-0.25, -0.2) is 0 Å². The van der Waals surface area contributed by atoms with Gasteiger partial charge in [-0.1, -0.05) is 13.0 Å². The lowest BCUT2D eigenvalue weighted by Crippen LogP contribution is -2.37. The molecule has 0 aliphatic carbocycles. The average Bonchev–Trinajstić information content (AvgIpc) is 2.63. The van der Waals surface area contributed by atoms with Crippen molar-refractivity contribution in [3.05, 3.63) is 30.1 Å². The molecule has 0 spiro atoms. The van der Waals surface area contributed by atoms with Crippen molar-refractivity contribution in [3.63, 3.8) is 0 Å². The lowest BCUT2D eigenvalue weighted by molar-refractivity contribution is -0.142. The van der Waals surface area contributed by atoms with Crippen LogP contribution in [0, 0.1) is 5.92 Å². The molecule has 0 saturated carbocycles. The molecule has 2 heterocycles. The maximum Gasteiger partial charge on any atom is 0.308 e. The van der Waals surface area contributed by atoms with Crippen LogP contribution in [0.15, 0.2) is 24.4 Å². The minimum Gasteiger partial charge on any atom is -0.481 e. The molecular weight excluding hydrogens is 192 g/mol. The van der Waals surface area contributed by atoms with Crippen molar-refractivity contribution in [2.45, 2.75) is 12.3 Å². The summed E-state index contributed by atoms with van der Waals surface area (Å²) in [5, 5.41) is 12.3. The van der Waals surface area contributed by atoms with Crippen molar-refractivity contribution in [3.8, 4) is 0 Å². The van der Waals surface area contributed by atoms with E-state index in [1.54, 1.807) is 6.20 Å². The fourth-order valence-electron chi connectivity index (χ4n) is 2.15. The van der Waals surface area contributed by atoms with E-state index < -0.39 is 17.3 Å². The summed E-state index contributed by atoms with van der Waals surface area (Å²) in [7, 11) is 0. The molecule has 4 nitrogen and oxygen atoms in total. The van der Waals surface area contributed by atoms with Crippen LogP contribution >= 0.6 is 0 Å². The van der Waals surface area contributed by atoms with Gasteiger partial charge < -0.3 is 10.4 Å².